The molecule has 0 saturated carbocycles. The summed E-state index contributed by atoms with van der Waals surface area (Å²) in [6.45, 7) is 4.50. The molecule has 4 N–H and O–H groups in total. The molecular weight excluding hydrogens is 673 g/mol. The Morgan fingerprint density at radius 2 is 1.58 bits per heavy atom. The molecule has 266 valence electrons. The fraction of sp³-hybridized carbons (Fsp3) is 0.405. The number of amides is 4. The van der Waals surface area contributed by atoms with Crippen LogP contribution in [0.25, 0.3) is 0 Å². The zero-order chi connectivity index (χ0) is 35.9. The highest BCUT2D eigenvalue weighted by Gasteiger charge is 2.28. The topological polar surface area (TPSA) is 157 Å². The van der Waals surface area contributed by atoms with Crippen molar-refractivity contribution in [1.29, 1.82) is 0 Å². The summed E-state index contributed by atoms with van der Waals surface area (Å²) in [5, 5.41) is 8.67. The molecular formula is C37H46N6O5S2. The first-order chi connectivity index (χ1) is 24.0. The number of benzene rings is 2. The van der Waals surface area contributed by atoms with E-state index in [1.165, 1.54) is 16.2 Å². The molecule has 0 radical (unpaired) electrons. The van der Waals surface area contributed by atoms with Crippen molar-refractivity contribution in [1.82, 2.24) is 25.5 Å². The van der Waals surface area contributed by atoms with E-state index in [1.807, 2.05) is 66.0 Å². The Hall–Kier alpha value is -4.62. The number of carbonyl (C=O) groups is 4. The molecule has 4 amide bonds. The molecule has 0 bridgehead atoms. The van der Waals surface area contributed by atoms with Gasteiger partial charge in [-0.15, -0.1) is 22.7 Å². The van der Waals surface area contributed by atoms with Crippen LogP contribution in [0.15, 0.2) is 77.8 Å². The molecule has 0 aliphatic carbocycles. The maximum Gasteiger partial charge on any atom is 0.407 e. The van der Waals surface area contributed by atoms with Gasteiger partial charge in [-0.05, 0) is 42.7 Å². The highest BCUT2D eigenvalue weighted by molar-refractivity contribution is 7.09. The number of nitrogens with zero attached hydrogens (tertiary/aromatic N) is 3. The molecule has 50 heavy (non-hydrogen) atoms. The third kappa shape index (κ3) is 13.0. The smallest absolute Gasteiger partial charge is 0.407 e. The molecule has 0 aliphatic rings. The quantitative estimate of drug-likeness (QED) is 0.104. The van der Waals surface area contributed by atoms with Crippen LogP contribution in [0.1, 0.15) is 72.2 Å². The molecule has 0 saturated heterocycles. The summed E-state index contributed by atoms with van der Waals surface area (Å²) in [7, 11) is 1.62. The molecule has 0 aliphatic heterocycles. The van der Waals surface area contributed by atoms with E-state index in [-0.39, 0.29) is 49.7 Å². The fourth-order valence-corrected chi connectivity index (χ4v) is 6.88. The number of urea groups is 1. The van der Waals surface area contributed by atoms with Crippen LogP contribution in [0.5, 0.6) is 0 Å². The van der Waals surface area contributed by atoms with Crippen LogP contribution in [0.4, 0.5) is 9.59 Å². The number of ketones is 1. The van der Waals surface area contributed by atoms with Gasteiger partial charge in [0.25, 0.3) is 0 Å². The number of thiazole rings is 2. The van der Waals surface area contributed by atoms with Crippen LogP contribution in [0.2, 0.25) is 0 Å². The van der Waals surface area contributed by atoms with Gasteiger partial charge in [0, 0.05) is 37.0 Å². The summed E-state index contributed by atoms with van der Waals surface area (Å²) in [5.41, 5.74) is 10.1. The average Bonchev–Trinajstić information content (AvgIpc) is 3.79. The van der Waals surface area contributed by atoms with Crippen LogP contribution in [0.3, 0.4) is 0 Å². The fourth-order valence-electron chi connectivity index (χ4n) is 5.55. The normalized spacial score (nSPS) is 12.9. The van der Waals surface area contributed by atoms with E-state index in [0.717, 1.165) is 26.7 Å². The number of nitrogens with two attached hydrogens (primary N) is 1. The maximum absolute atomic E-state index is 13.8. The van der Waals surface area contributed by atoms with Gasteiger partial charge in [-0.1, -0.05) is 74.5 Å². The Bertz CT molecular complexity index is 1650. The largest absolute Gasteiger partial charge is 0.444 e. The van der Waals surface area contributed by atoms with E-state index < -0.39 is 24.1 Å². The van der Waals surface area contributed by atoms with Gasteiger partial charge in [0.1, 0.15) is 6.61 Å². The highest BCUT2D eigenvalue weighted by atomic mass is 32.1. The summed E-state index contributed by atoms with van der Waals surface area (Å²) in [5.74, 6) is -0.830. The first-order valence-corrected chi connectivity index (χ1v) is 18.5. The number of ether oxygens (including phenoxy) is 1. The maximum atomic E-state index is 13.8. The van der Waals surface area contributed by atoms with Gasteiger partial charge in [-0.3, -0.25) is 14.6 Å². The van der Waals surface area contributed by atoms with Gasteiger partial charge in [0.15, 0.2) is 5.78 Å². The highest BCUT2D eigenvalue weighted by Crippen LogP contribution is 2.23. The second-order valence-electron chi connectivity index (χ2n) is 12.7. The molecule has 0 unspecified atom stereocenters. The summed E-state index contributed by atoms with van der Waals surface area (Å²) in [4.78, 5) is 62.9. The Morgan fingerprint density at radius 1 is 0.900 bits per heavy atom. The van der Waals surface area contributed by atoms with Crippen molar-refractivity contribution in [2.75, 3.05) is 7.05 Å². The van der Waals surface area contributed by atoms with E-state index in [0.29, 0.717) is 25.7 Å². The number of nitrogens with one attached hydrogen (secondary N) is 2. The van der Waals surface area contributed by atoms with Crippen molar-refractivity contribution in [2.45, 2.75) is 83.5 Å². The van der Waals surface area contributed by atoms with Crippen molar-refractivity contribution in [2.24, 2.45) is 11.7 Å². The zero-order valence-corrected chi connectivity index (χ0v) is 30.4. The Labute approximate surface area is 301 Å². The number of alkyl carbamates (subject to hydrolysis) is 1. The molecule has 0 fully saturated rings. The number of aromatic nitrogens is 2. The van der Waals surface area contributed by atoms with Crippen molar-refractivity contribution in [3.63, 3.8) is 0 Å². The Kier molecular flexibility index (Phi) is 14.9. The summed E-state index contributed by atoms with van der Waals surface area (Å²) < 4.78 is 5.47. The zero-order valence-electron chi connectivity index (χ0n) is 28.7. The average molecular weight is 719 g/mol. The minimum absolute atomic E-state index is 0.106. The van der Waals surface area contributed by atoms with Gasteiger partial charge in [0.2, 0.25) is 5.91 Å². The second-order valence-corrected chi connectivity index (χ2v) is 14.6. The molecule has 2 aromatic carbocycles. The SMILES string of the molecule is CC(C)c1nc(CN(C)C(=O)N[C@@H](CC(N)=O)C(=O)C[C@@H](CC[C@@H](Cc2ccccc2)NC(=O)OCc2cncs2)Cc2ccccc2)cs1. The molecule has 3 atom stereocenters. The van der Waals surface area contributed by atoms with Crippen LogP contribution in [-0.4, -0.2) is 57.8 Å². The predicted octanol–water partition coefficient (Wildman–Crippen LogP) is 6.24. The predicted molar refractivity (Wildman–Crippen MR) is 196 cm³/mol. The van der Waals surface area contributed by atoms with Crippen LogP contribution in [0, 0.1) is 5.92 Å². The summed E-state index contributed by atoms with van der Waals surface area (Å²) in [6, 6.07) is 17.9. The molecule has 2 aromatic heterocycles. The van der Waals surface area contributed by atoms with Gasteiger partial charge in [-0.25, -0.2) is 14.6 Å². The first-order valence-electron chi connectivity index (χ1n) is 16.7. The summed E-state index contributed by atoms with van der Waals surface area (Å²) in [6.07, 6.45) is 3.26. The molecule has 0 spiro atoms. The van der Waals surface area contributed by atoms with Crippen LogP contribution >= 0.6 is 22.7 Å². The van der Waals surface area contributed by atoms with E-state index in [2.05, 4.69) is 34.4 Å². The number of hydrogen-bond acceptors (Lipinski definition) is 9. The Balaban J connectivity index is 1.44. The second kappa shape index (κ2) is 19.5. The first kappa shape index (κ1) is 38.2. The van der Waals surface area contributed by atoms with Gasteiger partial charge < -0.3 is 26.0 Å². The Morgan fingerprint density at radius 3 is 2.18 bits per heavy atom. The minimum atomic E-state index is -1.08. The summed E-state index contributed by atoms with van der Waals surface area (Å²) >= 11 is 2.95. The van der Waals surface area contributed by atoms with E-state index >= 15 is 0 Å². The third-order valence-corrected chi connectivity index (χ3v) is 10.1. The monoisotopic (exact) mass is 718 g/mol. The number of primary amides is 1. The molecule has 4 rings (SSSR count). The molecule has 11 nitrogen and oxygen atoms in total. The van der Waals surface area contributed by atoms with E-state index in [1.54, 1.807) is 30.1 Å². The number of Topliss-reactive ketones (excluding diaryl/α,β-unsaturated/α-hetero) is 1. The van der Waals surface area contributed by atoms with E-state index in [9.17, 15) is 19.2 Å². The van der Waals surface area contributed by atoms with Gasteiger partial charge >= 0.3 is 12.1 Å². The third-order valence-electron chi connectivity index (χ3n) is 8.16. The van der Waals surface area contributed by atoms with Gasteiger partial charge in [-0.2, -0.15) is 0 Å². The lowest BCUT2D eigenvalue weighted by Crippen LogP contribution is -2.48. The molecule has 13 heteroatoms. The standard InChI is InChI=1S/C37H46N6O5S2/c1-25(2)35-40-30(23-49-35)21-43(3)36(46)42-32(19-34(38)45)33(44)18-28(16-26-10-6-4-7-11-26)14-15-29(17-27-12-8-5-9-13-27)41-37(47)48-22-31-20-39-24-50-31/h4-13,20,23-25,28-29,32H,14-19,21-22H2,1-3H3,(H2,38,45)(H,41,47)(H,42,46)/t28-,29-,32-/m0/s1. The lowest BCUT2D eigenvalue weighted by molar-refractivity contribution is -0.126. The number of carbonyl (C=O) groups excluding carboxylic acids is 4. The van der Waals surface area contributed by atoms with Gasteiger partial charge in [0.05, 0.1) is 40.1 Å². The minimum Gasteiger partial charge on any atom is -0.444 e. The van der Waals surface area contributed by atoms with E-state index in [4.69, 9.17) is 10.5 Å². The lowest BCUT2D eigenvalue weighted by atomic mass is 9.86. The van der Waals surface area contributed by atoms with Crippen molar-refractivity contribution >= 4 is 46.5 Å². The van der Waals surface area contributed by atoms with Crippen molar-refractivity contribution in [3.8, 4) is 0 Å². The van der Waals surface area contributed by atoms with Crippen molar-refractivity contribution < 1.29 is 23.9 Å². The molecule has 4 aromatic rings. The lowest BCUT2D eigenvalue weighted by Gasteiger charge is -2.25. The van der Waals surface area contributed by atoms with Crippen molar-refractivity contribution in [3.05, 3.63) is 104 Å². The molecule has 2 heterocycles. The number of rotatable bonds is 19. The number of hydrogen-bond donors (Lipinski definition) is 3. The van der Waals surface area contributed by atoms with Crippen LogP contribution < -0.4 is 16.4 Å². The van der Waals surface area contributed by atoms with Crippen LogP contribution in [-0.2, 0) is 40.3 Å².